The molecule has 212 valence electrons. The zero-order valence-electron chi connectivity index (χ0n) is 23.0. The van der Waals surface area contributed by atoms with Crippen LogP contribution in [0, 0.1) is 11.6 Å². The molecule has 7 nitrogen and oxygen atoms in total. The lowest BCUT2D eigenvalue weighted by Gasteiger charge is -2.27. The summed E-state index contributed by atoms with van der Waals surface area (Å²) in [7, 11) is 0. The summed E-state index contributed by atoms with van der Waals surface area (Å²) < 4.78 is 35.4. The number of fused-ring (bicyclic) bond motifs is 1. The van der Waals surface area contributed by atoms with E-state index in [0.29, 0.717) is 24.0 Å². The highest BCUT2D eigenvalue weighted by molar-refractivity contribution is 5.79. The second kappa shape index (κ2) is 14.1. The van der Waals surface area contributed by atoms with Gasteiger partial charge in [0, 0.05) is 25.2 Å². The third kappa shape index (κ3) is 7.70. The number of benzene rings is 3. The molecule has 0 saturated heterocycles. The monoisotopic (exact) mass is 549 g/mol. The first-order valence-corrected chi connectivity index (χ1v) is 13.9. The number of hydrogen-bond donors (Lipinski definition) is 2. The Morgan fingerprint density at radius 1 is 1.00 bits per heavy atom. The van der Waals surface area contributed by atoms with Crippen LogP contribution in [0.3, 0.4) is 0 Å². The van der Waals surface area contributed by atoms with E-state index in [-0.39, 0.29) is 13.0 Å². The minimum atomic E-state index is -0.757. The quantitative estimate of drug-likeness (QED) is 0.208. The van der Waals surface area contributed by atoms with Crippen molar-refractivity contribution in [1.82, 2.24) is 20.3 Å². The van der Waals surface area contributed by atoms with Gasteiger partial charge in [0.1, 0.15) is 23.3 Å². The number of aryl methyl sites for hydroxylation is 1. The summed E-state index contributed by atoms with van der Waals surface area (Å²) in [6.45, 7) is 4.97. The fourth-order valence-corrected chi connectivity index (χ4v) is 4.81. The zero-order chi connectivity index (χ0) is 28.5. The predicted molar refractivity (Wildman–Crippen MR) is 152 cm³/mol. The summed E-state index contributed by atoms with van der Waals surface area (Å²) in [5, 5.41) is 11.8. The van der Waals surface area contributed by atoms with Crippen molar-refractivity contribution in [3.63, 3.8) is 0 Å². The van der Waals surface area contributed by atoms with Crippen LogP contribution in [0.4, 0.5) is 8.78 Å². The number of carbonyl (C=O) groups excluding carboxylic acids is 1. The second-order valence-electron chi connectivity index (χ2n) is 10.1. The van der Waals surface area contributed by atoms with Gasteiger partial charge in [-0.2, -0.15) is 0 Å². The van der Waals surface area contributed by atoms with Crippen molar-refractivity contribution < 1.29 is 18.3 Å². The normalized spacial score (nSPS) is 13.7. The van der Waals surface area contributed by atoms with Crippen molar-refractivity contribution >= 4 is 17.0 Å². The van der Waals surface area contributed by atoms with Crippen molar-refractivity contribution in [2.24, 2.45) is 5.73 Å². The van der Waals surface area contributed by atoms with E-state index >= 15 is 0 Å². The van der Waals surface area contributed by atoms with Crippen molar-refractivity contribution in [1.29, 1.82) is 0 Å². The Bertz CT molecular complexity index is 1390. The van der Waals surface area contributed by atoms with Crippen LogP contribution < -0.4 is 11.1 Å². The Hall–Kier alpha value is -3.69. The number of ether oxygens (including phenoxy) is 1. The molecule has 0 radical (unpaired) electrons. The average molecular weight is 550 g/mol. The Labute approximate surface area is 233 Å². The summed E-state index contributed by atoms with van der Waals surface area (Å²) in [6.07, 6.45) is 2.51. The van der Waals surface area contributed by atoms with Gasteiger partial charge in [0.05, 0.1) is 5.52 Å². The average Bonchev–Trinajstić information content (AvgIpc) is 3.36. The number of esters is 1. The molecule has 4 aromatic rings. The summed E-state index contributed by atoms with van der Waals surface area (Å²) in [4.78, 5) is 13.7. The van der Waals surface area contributed by atoms with E-state index in [4.69, 9.17) is 10.5 Å². The van der Waals surface area contributed by atoms with Crippen LogP contribution in [0.1, 0.15) is 55.8 Å². The number of unbranched alkanes of at least 4 members (excludes halogenated alkanes) is 1. The SMILES string of the molecule is CCCC[C@@H](C(=O)O[C@H](CNCc1cccc(CC)c1)C(N)Cc1cc(F)cc(F)c1)n1nnc2ccccc21. The van der Waals surface area contributed by atoms with Crippen LogP contribution in [0.25, 0.3) is 11.0 Å². The van der Waals surface area contributed by atoms with E-state index in [1.807, 2.05) is 36.4 Å². The number of halogens is 2. The molecule has 3 atom stereocenters. The third-order valence-corrected chi connectivity index (χ3v) is 6.99. The van der Waals surface area contributed by atoms with Gasteiger partial charge >= 0.3 is 5.97 Å². The molecule has 0 bridgehead atoms. The number of nitrogens with two attached hydrogens (primary N) is 1. The van der Waals surface area contributed by atoms with Gasteiger partial charge in [-0.05, 0) is 60.2 Å². The lowest BCUT2D eigenvalue weighted by atomic mass is 10.0. The molecule has 0 saturated carbocycles. The van der Waals surface area contributed by atoms with Gasteiger partial charge < -0.3 is 15.8 Å². The first-order valence-electron chi connectivity index (χ1n) is 13.9. The molecule has 0 aliphatic heterocycles. The van der Waals surface area contributed by atoms with E-state index in [1.165, 1.54) is 17.7 Å². The Kier molecular flexibility index (Phi) is 10.3. The van der Waals surface area contributed by atoms with Gasteiger partial charge in [-0.15, -0.1) is 5.10 Å². The van der Waals surface area contributed by atoms with Crippen LogP contribution in [0.15, 0.2) is 66.7 Å². The van der Waals surface area contributed by atoms with Gasteiger partial charge in [0.25, 0.3) is 0 Å². The molecule has 1 aromatic heterocycles. The molecule has 40 heavy (non-hydrogen) atoms. The first kappa shape index (κ1) is 29.3. The molecule has 1 heterocycles. The number of rotatable bonds is 14. The minimum Gasteiger partial charge on any atom is -0.458 e. The van der Waals surface area contributed by atoms with Crippen LogP contribution in [-0.4, -0.2) is 39.7 Å². The van der Waals surface area contributed by atoms with Gasteiger partial charge in [-0.3, -0.25) is 0 Å². The number of hydrogen-bond acceptors (Lipinski definition) is 6. The molecule has 3 N–H and O–H groups in total. The van der Waals surface area contributed by atoms with Gasteiger partial charge in [-0.25, -0.2) is 18.3 Å². The van der Waals surface area contributed by atoms with Crippen molar-refractivity contribution in [2.45, 2.75) is 70.7 Å². The zero-order valence-corrected chi connectivity index (χ0v) is 23.0. The van der Waals surface area contributed by atoms with Crippen LogP contribution in [-0.2, 0) is 28.9 Å². The van der Waals surface area contributed by atoms with E-state index in [0.717, 1.165) is 36.4 Å². The van der Waals surface area contributed by atoms with Crippen LogP contribution in [0.2, 0.25) is 0 Å². The van der Waals surface area contributed by atoms with Crippen LogP contribution >= 0.6 is 0 Å². The largest absolute Gasteiger partial charge is 0.458 e. The third-order valence-electron chi connectivity index (χ3n) is 6.99. The molecular weight excluding hydrogens is 512 g/mol. The lowest BCUT2D eigenvalue weighted by Crippen LogP contribution is -2.46. The first-order chi connectivity index (χ1) is 19.4. The van der Waals surface area contributed by atoms with Gasteiger partial charge in [0.15, 0.2) is 6.04 Å². The van der Waals surface area contributed by atoms with Gasteiger partial charge in [-0.1, -0.05) is 68.3 Å². The maximum absolute atomic E-state index is 13.9. The second-order valence-corrected chi connectivity index (χ2v) is 10.1. The van der Waals surface area contributed by atoms with E-state index in [1.54, 1.807) is 4.68 Å². The highest BCUT2D eigenvalue weighted by atomic mass is 19.1. The maximum Gasteiger partial charge on any atom is 0.331 e. The minimum absolute atomic E-state index is 0.130. The van der Waals surface area contributed by atoms with Crippen molar-refractivity contribution in [3.05, 3.63) is 95.1 Å². The van der Waals surface area contributed by atoms with Crippen molar-refractivity contribution in [2.75, 3.05) is 6.54 Å². The molecule has 0 aliphatic carbocycles. The number of para-hydroxylation sites is 1. The number of aromatic nitrogens is 3. The number of carbonyl (C=O) groups is 1. The van der Waals surface area contributed by atoms with E-state index in [2.05, 4.69) is 41.6 Å². The topological polar surface area (TPSA) is 95.1 Å². The van der Waals surface area contributed by atoms with Crippen LogP contribution in [0.5, 0.6) is 0 Å². The predicted octanol–water partition coefficient (Wildman–Crippen LogP) is 5.27. The Balaban J connectivity index is 1.54. The van der Waals surface area contributed by atoms with E-state index < -0.39 is 35.8 Å². The van der Waals surface area contributed by atoms with E-state index in [9.17, 15) is 13.6 Å². The molecule has 9 heteroatoms. The summed E-state index contributed by atoms with van der Waals surface area (Å²) in [5.41, 5.74) is 10.7. The highest BCUT2D eigenvalue weighted by Gasteiger charge is 2.30. The molecular formula is C31H37F2N5O2. The number of nitrogens with zero attached hydrogens (tertiary/aromatic N) is 3. The molecule has 0 amide bonds. The Morgan fingerprint density at radius 2 is 1.75 bits per heavy atom. The lowest BCUT2D eigenvalue weighted by molar-refractivity contribution is -0.154. The van der Waals surface area contributed by atoms with Crippen molar-refractivity contribution in [3.8, 4) is 0 Å². The standard InChI is InChI=1S/C31H37F2N5O2/c1-3-5-12-29(38-28-13-7-6-11-27(28)36-37-38)31(39)40-30(20-35-19-22-10-8-9-21(4-2)14-22)26(34)17-23-15-24(32)18-25(33)16-23/h6-11,13-16,18,26,29-30,35H,3-5,12,17,19-20,34H2,1-2H3/t26?,29-,30+/m0/s1. The Morgan fingerprint density at radius 3 is 2.50 bits per heavy atom. The fraction of sp³-hybridized carbons (Fsp3) is 0.387. The smallest absolute Gasteiger partial charge is 0.331 e. The molecule has 0 spiro atoms. The molecule has 3 aromatic carbocycles. The van der Waals surface area contributed by atoms with Gasteiger partial charge in [0.2, 0.25) is 0 Å². The summed E-state index contributed by atoms with van der Waals surface area (Å²) in [5.74, 6) is -1.82. The molecule has 1 unspecified atom stereocenters. The molecule has 0 aliphatic rings. The highest BCUT2D eigenvalue weighted by Crippen LogP contribution is 2.23. The fourth-order valence-electron chi connectivity index (χ4n) is 4.81. The number of nitrogens with one attached hydrogen (secondary N) is 1. The molecule has 0 fully saturated rings. The molecule has 4 rings (SSSR count). The summed E-state index contributed by atoms with van der Waals surface area (Å²) in [6, 6.07) is 17.6. The summed E-state index contributed by atoms with van der Waals surface area (Å²) >= 11 is 0. The maximum atomic E-state index is 13.9.